The molecule has 1 fully saturated rings. The third-order valence-corrected chi connectivity index (χ3v) is 5.16. The normalized spacial score (nSPS) is 19.7. The predicted octanol–water partition coefficient (Wildman–Crippen LogP) is 2.11. The van der Waals surface area contributed by atoms with Crippen molar-refractivity contribution in [3.63, 3.8) is 0 Å². The maximum atomic E-state index is 12.8. The van der Waals surface area contributed by atoms with Gasteiger partial charge in [-0.3, -0.25) is 4.79 Å². The standard InChI is InChI=1S/C20H25N5O2/c1-3-17-5-4-10-25(17)19(26)16-8-6-15(7-9-16)18-21-20(23(2)22-18)24-11-13-27-14-12-24/h4-9,17H,3,10-14H2,1-2H3. The number of hydrogen-bond donors (Lipinski definition) is 0. The first-order valence-electron chi connectivity index (χ1n) is 9.49. The predicted molar refractivity (Wildman–Crippen MR) is 104 cm³/mol. The smallest absolute Gasteiger partial charge is 0.254 e. The maximum absolute atomic E-state index is 12.8. The number of benzene rings is 1. The Labute approximate surface area is 159 Å². The van der Waals surface area contributed by atoms with Crippen LogP contribution in [0.3, 0.4) is 0 Å². The molecule has 4 rings (SSSR count). The number of rotatable bonds is 4. The van der Waals surface area contributed by atoms with Crippen molar-refractivity contribution in [3.8, 4) is 11.4 Å². The van der Waals surface area contributed by atoms with Gasteiger partial charge in [0.25, 0.3) is 5.91 Å². The Kier molecular flexibility index (Phi) is 4.94. The number of nitrogens with zero attached hydrogens (tertiary/aromatic N) is 5. The summed E-state index contributed by atoms with van der Waals surface area (Å²) in [5.74, 6) is 1.59. The van der Waals surface area contributed by atoms with E-state index < -0.39 is 0 Å². The topological polar surface area (TPSA) is 63.5 Å². The quantitative estimate of drug-likeness (QED) is 0.775. The van der Waals surface area contributed by atoms with Gasteiger partial charge >= 0.3 is 0 Å². The number of morpholine rings is 1. The molecule has 0 N–H and O–H groups in total. The molecule has 0 radical (unpaired) electrons. The summed E-state index contributed by atoms with van der Waals surface area (Å²) in [7, 11) is 1.91. The lowest BCUT2D eigenvalue weighted by atomic mass is 10.1. The van der Waals surface area contributed by atoms with E-state index in [0.29, 0.717) is 31.1 Å². The van der Waals surface area contributed by atoms with Crippen LogP contribution in [0.4, 0.5) is 5.95 Å². The van der Waals surface area contributed by atoms with Gasteiger partial charge in [0, 0.05) is 37.8 Å². The molecule has 2 aromatic rings. The summed E-state index contributed by atoms with van der Waals surface area (Å²) in [4.78, 5) is 21.5. The maximum Gasteiger partial charge on any atom is 0.254 e. The lowest BCUT2D eigenvalue weighted by Gasteiger charge is -2.26. The fourth-order valence-corrected chi connectivity index (χ4v) is 3.63. The zero-order chi connectivity index (χ0) is 18.8. The van der Waals surface area contributed by atoms with Crippen LogP contribution in [0.1, 0.15) is 23.7 Å². The minimum Gasteiger partial charge on any atom is -0.378 e. The van der Waals surface area contributed by atoms with Crippen molar-refractivity contribution in [1.82, 2.24) is 19.7 Å². The number of aryl methyl sites for hydroxylation is 1. The molecule has 2 aliphatic rings. The third kappa shape index (κ3) is 3.47. The van der Waals surface area contributed by atoms with Gasteiger partial charge in [-0.25, -0.2) is 4.68 Å². The summed E-state index contributed by atoms with van der Waals surface area (Å²) in [6.07, 6.45) is 5.10. The van der Waals surface area contributed by atoms with E-state index in [1.807, 2.05) is 40.9 Å². The van der Waals surface area contributed by atoms with Crippen molar-refractivity contribution in [2.24, 2.45) is 7.05 Å². The second-order valence-corrected chi connectivity index (χ2v) is 6.90. The Balaban J connectivity index is 1.52. The molecular weight excluding hydrogens is 342 g/mol. The fraction of sp³-hybridized carbons (Fsp3) is 0.450. The van der Waals surface area contributed by atoms with E-state index in [1.54, 1.807) is 0 Å². The van der Waals surface area contributed by atoms with E-state index in [2.05, 4.69) is 29.1 Å². The molecule has 142 valence electrons. The Hall–Kier alpha value is -2.67. The zero-order valence-electron chi connectivity index (χ0n) is 15.8. The van der Waals surface area contributed by atoms with Gasteiger partial charge in [-0.05, 0) is 18.6 Å². The van der Waals surface area contributed by atoms with Crippen LogP contribution in [0.15, 0.2) is 36.4 Å². The first-order chi connectivity index (χ1) is 13.2. The molecule has 7 heteroatoms. The van der Waals surface area contributed by atoms with Crippen molar-refractivity contribution in [2.75, 3.05) is 37.7 Å². The summed E-state index contributed by atoms with van der Waals surface area (Å²) in [5.41, 5.74) is 1.61. The van der Waals surface area contributed by atoms with E-state index in [4.69, 9.17) is 9.72 Å². The van der Waals surface area contributed by atoms with Crippen LogP contribution in [0, 0.1) is 0 Å². The van der Waals surface area contributed by atoms with E-state index in [-0.39, 0.29) is 11.9 Å². The van der Waals surface area contributed by atoms with Crippen LogP contribution in [-0.4, -0.2) is 64.5 Å². The van der Waals surface area contributed by atoms with Crippen LogP contribution in [0.5, 0.6) is 0 Å². The Bertz CT molecular complexity index is 837. The minimum atomic E-state index is 0.0707. The first kappa shape index (κ1) is 17.7. The Morgan fingerprint density at radius 2 is 1.96 bits per heavy atom. The zero-order valence-corrected chi connectivity index (χ0v) is 15.8. The van der Waals surface area contributed by atoms with Crippen molar-refractivity contribution in [2.45, 2.75) is 19.4 Å². The molecule has 2 aliphatic heterocycles. The van der Waals surface area contributed by atoms with E-state index >= 15 is 0 Å². The fourth-order valence-electron chi connectivity index (χ4n) is 3.63. The number of carbonyl (C=O) groups is 1. The lowest BCUT2D eigenvalue weighted by Crippen LogP contribution is -2.37. The largest absolute Gasteiger partial charge is 0.378 e. The van der Waals surface area contributed by atoms with Gasteiger partial charge in [0.2, 0.25) is 5.95 Å². The summed E-state index contributed by atoms with van der Waals surface area (Å²) < 4.78 is 7.21. The molecule has 0 spiro atoms. The molecule has 1 atom stereocenters. The molecule has 1 saturated heterocycles. The molecule has 0 saturated carbocycles. The minimum absolute atomic E-state index is 0.0707. The number of hydrogen-bond acceptors (Lipinski definition) is 5. The van der Waals surface area contributed by atoms with Crippen LogP contribution in [-0.2, 0) is 11.8 Å². The van der Waals surface area contributed by atoms with E-state index in [9.17, 15) is 4.79 Å². The summed E-state index contributed by atoms with van der Waals surface area (Å²) >= 11 is 0. The molecular formula is C20H25N5O2. The van der Waals surface area contributed by atoms with Crippen LogP contribution in [0.25, 0.3) is 11.4 Å². The highest BCUT2D eigenvalue weighted by atomic mass is 16.5. The molecule has 0 aliphatic carbocycles. The number of amides is 1. The highest BCUT2D eigenvalue weighted by molar-refractivity contribution is 5.95. The third-order valence-electron chi connectivity index (χ3n) is 5.16. The second kappa shape index (κ2) is 7.52. The summed E-state index contributed by atoms with van der Waals surface area (Å²) in [6, 6.07) is 7.79. The number of ether oxygens (including phenoxy) is 1. The summed E-state index contributed by atoms with van der Waals surface area (Å²) in [5, 5.41) is 4.55. The van der Waals surface area contributed by atoms with Crippen molar-refractivity contribution in [3.05, 3.63) is 42.0 Å². The van der Waals surface area contributed by atoms with Gasteiger partial charge in [-0.2, -0.15) is 4.98 Å². The Morgan fingerprint density at radius 3 is 2.67 bits per heavy atom. The number of aromatic nitrogens is 3. The van der Waals surface area contributed by atoms with Gasteiger partial charge < -0.3 is 14.5 Å². The molecule has 1 amide bonds. The first-order valence-corrected chi connectivity index (χ1v) is 9.49. The number of carbonyl (C=O) groups excluding carboxylic acids is 1. The highest BCUT2D eigenvalue weighted by Gasteiger charge is 2.24. The molecule has 27 heavy (non-hydrogen) atoms. The molecule has 7 nitrogen and oxygen atoms in total. The van der Waals surface area contributed by atoms with Gasteiger partial charge in [0.15, 0.2) is 5.82 Å². The van der Waals surface area contributed by atoms with Gasteiger partial charge in [0.1, 0.15) is 0 Å². The average Bonchev–Trinajstić information content (AvgIpc) is 3.34. The molecule has 0 bridgehead atoms. The SMILES string of the molecule is CCC1C=CCN1C(=O)c1ccc(-c2nc(N3CCOCC3)n(C)n2)cc1. The van der Waals surface area contributed by atoms with Gasteiger partial charge in [0.05, 0.1) is 19.3 Å². The van der Waals surface area contributed by atoms with Crippen LogP contribution in [0.2, 0.25) is 0 Å². The van der Waals surface area contributed by atoms with Crippen molar-refractivity contribution >= 4 is 11.9 Å². The van der Waals surface area contributed by atoms with Crippen molar-refractivity contribution in [1.29, 1.82) is 0 Å². The van der Waals surface area contributed by atoms with Gasteiger partial charge in [-0.1, -0.05) is 31.2 Å². The summed E-state index contributed by atoms with van der Waals surface area (Å²) in [6.45, 7) is 5.85. The number of anilines is 1. The van der Waals surface area contributed by atoms with E-state index in [0.717, 1.165) is 31.0 Å². The molecule has 1 aromatic carbocycles. The Morgan fingerprint density at radius 1 is 1.22 bits per heavy atom. The van der Waals surface area contributed by atoms with Crippen LogP contribution < -0.4 is 4.90 Å². The van der Waals surface area contributed by atoms with Crippen LogP contribution >= 0.6 is 0 Å². The molecule has 3 heterocycles. The van der Waals surface area contributed by atoms with Gasteiger partial charge in [-0.15, -0.1) is 5.10 Å². The second-order valence-electron chi connectivity index (χ2n) is 6.90. The monoisotopic (exact) mass is 367 g/mol. The molecule has 1 aromatic heterocycles. The average molecular weight is 367 g/mol. The van der Waals surface area contributed by atoms with Crippen molar-refractivity contribution < 1.29 is 9.53 Å². The van der Waals surface area contributed by atoms with E-state index in [1.165, 1.54) is 0 Å². The molecule has 1 unspecified atom stereocenters. The highest BCUT2D eigenvalue weighted by Crippen LogP contribution is 2.22. The lowest BCUT2D eigenvalue weighted by molar-refractivity contribution is 0.0747.